The summed E-state index contributed by atoms with van der Waals surface area (Å²) in [7, 11) is -3.91. The molecule has 36 heavy (non-hydrogen) atoms. The van der Waals surface area contributed by atoms with Gasteiger partial charge in [0.2, 0.25) is 10.0 Å². The molecular formula is C27H32FNO6S. The van der Waals surface area contributed by atoms with Gasteiger partial charge in [-0.2, -0.15) is 0 Å². The molecule has 2 heterocycles. The summed E-state index contributed by atoms with van der Waals surface area (Å²) in [6, 6.07) is 4.61. The maximum atomic E-state index is 13.3. The summed E-state index contributed by atoms with van der Waals surface area (Å²) >= 11 is 0. The second-order valence-electron chi connectivity index (χ2n) is 10.4. The Labute approximate surface area is 210 Å². The lowest BCUT2D eigenvalue weighted by molar-refractivity contribution is 0.0192. The Morgan fingerprint density at radius 1 is 1.14 bits per heavy atom. The number of aryl methyl sites for hydroxylation is 1. The van der Waals surface area contributed by atoms with E-state index in [1.807, 2.05) is 6.08 Å². The van der Waals surface area contributed by atoms with E-state index in [4.69, 9.17) is 9.15 Å². The lowest BCUT2D eigenvalue weighted by Gasteiger charge is -2.36. The SMILES string of the molecule is CC1(CNS(=O)(=O)c2ccc(F)cc2)OC=CC1C(c1c(O)c2c(oc1=O)CCCCCC2)C1CC1. The van der Waals surface area contributed by atoms with Crippen LogP contribution >= 0.6 is 0 Å². The Morgan fingerprint density at radius 2 is 1.83 bits per heavy atom. The predicted molar refractivity (Wildman–Crippen MR) is 132 cm³/mol. The molecule has 3 atom stereocenters. The molecular weight excluding hydrogens is 485 g/mol. The van der Waals surface area contributed by atoms with E-state index in [9.17, 15) is 22.7 Å². The number of halogens is 1. The van der Waals surface area contributed by atoms with Crippen molar-refractivity contribution in [1.29, 1.82) is 0 Å². The Balaban J connectivity index is 1.46. The van der Waals surface area contributed by atoms with Gasteiger partial charge in [0.25, 0.3) is 0 Å². The number of hydrogen-bond donors (Lipinski definition) is 2. The van der Waals surface area contributed by atoms with Gasteiger partial charge in [0.15, 0.2) is 0 Å². The van der Waals surface area contributed by atoms with Crippen molar-refractivity contribution in [2.75, 3.05) is 6.54 Å². The zero-order valence-corrected chi connectivity index (χ0v) is 21.2. The second kappa shape index (κ2) is 9.67. The zero-order valence-electron chi connectivity index (χ0n) is 20.3. The molecule has 1 fully saturated rings. The molecule has 0 saturated heterocycles. The molecule has 0 amide bonds. The molecule has 1 aliphatic heterocycles. The van der Waals surface area contributed by atoms with Gasteiger partial charge in [0, 0.05) is 23.8 Å². The van der Waals surface area contributed by atoms with E-state index in [-0.39, 0.29) is 40.5 Å². The highest BCUT2D eigenvalue weighted by Gasteiger charge is 2.50. The summed E-state index contributed by atoms with van der Waals surface area (Å²) in [4.78, 5) is 13.2. The van der Waals surface area contributed by atoms with Crippen molar-refractivity contribution in [3.05, 3.63) is 69.7 Å². The van der Waals surface area contributed by atoms with E-state index in [0.29, 0.717) is 18.6 Å². The molecule has 1 saturated carbocycles. The first kappa shape index (κ1) is 25.0. The molecule has 2 aliphatic carbocycles. The van der Waals surface area contributed by atoms with Gasteiger partial charge in [0.05, 0.1) is 23.3 Å². The fraction of sp³-hybridized carbons (Fsp3) is 0.519. The molecule has 0 bridgehead atoms. The van der Waals surface area contributed by atoms with Crippen molar-refractivity contribution in [3.8, 4) is 5.75 Å². The van der Waals surface area contributed by atoms with Crippen LogP contribution < -0.4 is 10.3 Å². The zero-order chi connectivity index (χ0) is 25.5. The van der Waals surface area contributed by atoms with E-state index in [0.717, 1.165) is 56.2 Å². The first-order chi connectivity index (χ1) is 17.2. The van der Waals surface area contributed by atoms with Crippen molar-refractivity contribution >= 4 is 10.0 Å². The predicted octanol–water partition coefficient (Wildman–Crippen LogP) is 4.53. The van der Waals surface area contributed by atoms with Gasteiger partial charge in [-0.1, -0.05) is 12.8 Å². The summed E-state index contributed by atoms with van der Waals surface area (Å²) in [5.41, 5.74) is -0.497. The van der Waals surface area contributed by atoms with Crippen molar-refractivity contribution in [2.24, 2.45) is 11.8 Å². The molecule has 1 aromatic carbocycles. The molecule has 5 rings (SSSR count). The molecule has 2 N–H and O–H groups in total. The molecule has 0 spiro atoms. The molecule has 9 heteroatoms. The fourth-order valence-corrected chi connectivity index (χ4v) is 6.77. The summed E-state index contributed by atoms with van der Waals surface area (Å²) in [5.74, 6) is -0.461. The highest BCUT2D eigenvalue weighted by molar-refractivity contribution is 7.89. The van der Waals surface area contributed by atoms with Crippen LogP contribution in [0.3, 0.4) is 0 Å². The molecule has 7 nitrogen and oxygen atoms in total. The first-order valence-corrected chi connectivity index (χ1v) is 14.2. The lowest BCUT2D eigenvalue weighted by atomic mass is 9.73. The van der Waals surface area contributed by atoms with Crippen LogP contribution in [0.25, 0.3) is 0 Å². The number of sulfonamides is 1. The van der Waals surface area contributed by atoms with Crippen molar-refractivity contribution in [3.63, 3.8) is 0 Å². The summed E-state index contributed by atoms with van der Waals surface area (Å²) < 4.78 is 53.3. The van der Waals surface area contributed by atoms with Gasteiger partial charge in [0.1, 0.15) is 22.9 Å². The highest BCUT2D eigenvalue weighted by Crippen LogP contribution is 2.53. The number of nitrogens with one attached hydrogen (secondary N) is 1. The normalized spacial score (nSPS) is 25.0. The Kier molecular flexibility index (Phi) is 6.72. The van der Waals surface area contributed by atoms with E-state index < -0.39 is 27.1 Å². The fourth-order valence-electron chi connectivity index (χ4n) is 5.63. The first-order valence-electron chi connectivity index (χ1n) is 12.7. The minimum atomic E-state index is -3.91. The van der Waals surface area contributed by atoms with E-state index in [1.165, 1.54) is 12.1 Å². The third-order valence-corrected chi connectivity index (χ3v) is 9.23. The monoisotopic (exact) mass is 517 g/mol. The molecule has 2 aromatic rings. The van der Waals surface area contributed by atoms with Crippen LogP contribution in [0.5, 0.6) is 5.75 Å². The maximum absolute atomic E-state index is 13.3. The van der Waals surface area contributed by atoms with Crippen LogP contribution in [0, 0.1) is 17.7 Å². The Morgan fingerprint density at radius 3 is 2.53 bits per heavy atom. The van der Waals surface area contributed by atoms with Crippen LogP contribution in [0.2, 0.25) is 0 Å². The van der Waals surface area contributed by atoms with E-state index >= 15 is 0 Å². The van der Waals surface area contributed by atoms with Crippen LogP contribution in [-0.2, 0) is 27.6 Å². The average Bonchev–Trinajstić information content (AvgIpc) is 3.59. The van der Waals surface area contributed by atoms with Crippen LogP contribution in [0.4, 0.5) is 4.39 Å². The molecule has 3 unspecified atom stereocenters. The van der Waals surface area contributed by atoms with Crippen LogP contribution in [-0.4, -0.2) is 25.7 Å². The van der Waals surface area contributed by atoms with Gasteiger partial charge in [-0.3, -0.25) is 0 Å². The van der Waals surface area contributed by atoms with Gasteiger partial charge < -0.3 is 14.3 Å². The second-order valence-corrected chi connectivity index (χ2v) is 12.2. The Bertz CT molecular complexity index is 1320. The van der Waals surface area contributed by atoms with Gasteiger partial charge in [-0.25, -0.2) is 22.3 Å². The quantitative estimate of drug-likeness (QED) is 0.559. The van der Waals surface area contributed by atoms with Crippen LogP contribution in [0.1, 0.15) is 68.3 Å². The third-order valence-electron chi connectivity index (χ3n) is 7.81. The molecule has 0 radical (unpaired) electrons. The highest BCUT2D eigenvalue weighted by atomic mass is 32.2. The summed E-state index contributed by atoms with van der Waals surface area (Å²) in [6.45, 7) is 1.73. The van der Waals surface area contributed by atoms with Crippen molar-refractivity contribution in [1.82, 2.24) is 4.72 Å². The Hall–Kier alpha value is -2.65. The number of ether oxygens (including phenoxy) is 1. The number of fused-ring (bicyclic) bond motifs is 1. The topological polar surface area (TPSA) is 106 Å². The number of aromatic hydroxyl groups is 1. The lowest BCUT2D eigenvalue weighted by Crippen LogP contribution is -2.47. The van der Waals surface area contributed by atoms with E-state index in [2.05, 4.69) is 4.72 Å². The molecule has 3 aliphatic rings. The van der Waals surface area contributed by atoms with Gasteiger partial charge in [-0.05, 0) is 75.3 Å². The summed E-state index contributed by atoms with van der Waals surface area (Å²) in [6.07, 6.45) is 10.5. The third kappa shape index (κ3) is 4.83. The van der Waals surface area contributed by atoms with Gasteiger partial charge >= 0.3 is 5.63 Å². The van der Waals surface area contributed by atoms with Crippen LogP contribution in [0.15, 0.2) is 50.7 Å². The van der Waals surface area contributed by atoms with Gasteiger partial charge in [-0.15, -0.1) is 0 Å². The summed E-state index contributed by atoms with van der Waals surface area (Å²) in [5, 5.41) is 11.4. The average molecular weight is 518 g/mol. The smallest absolute Gasteiger partial charge is 0.343 e. The molecule has 194 valence electrons. The number of benzene rings is 1. The maximum Gasteiger partial charge on any atom is 0.343 e. The van der Waals surface area contributed by atoms with Crippen molar-refractivity contribution in [2.45, 2.75) is 74.7 Å². The number of hydrogen-bond acceptors (Lipinski definition) is 6. The number of rotatable bonds is 7. The molecule has 1 aromatic heterocycles. The minimum Gasteiger partial charge on any atom is -0.507 e. The van der Waals surface area contributed by atoms with E-state index in [1.54, 1.807) is 13.2 Å². The minimum absolute atomic E-state index is 0.0367. The van der Waals surface area contributed by atoms with Crippen molar-refractivity contribution < 1.29 is 27.1 Å². The standard InChI is InChI=1S/C27H32FNO6S/c1-27(16-29-36(32,33)19-12-10-18(28)11-13-19)21(14-15-34-27)23(17-8-9-17)24-25(30)20-6-4-2-3-5-7-22(20)35-26(24)31/h10-15,17,21,23,29-30H,2-9,16H2,1H3. The largest absolute Gasteiger partial charge is 0.507 e.